The summed E-state index contributed by atoms with van der Waals surface area (Å²) in [6.45, 7) is 0.635. The van der Waals surface area contributed by atoms with Gasteiger partial charge < -0.3 is 9.47 Å². The van der Waals surface area contributed by atoms with Gasteiger partial charge in [-0.15, -0.1) is 11.3 Å². The molecule has 4 rings (SSSR count). The third-order valence-electron chi connectivity index (χ3n) is 4.50. The van der Waals surface area contributed by atoms with Crippen molar-refractivity contribution in [2.75, 3.05) is 14.2 Å². The van der Waals surface area contributed by atoms with Crippen LogP contribution in [0.15, 0.2) is 72.8 Å². The number of methoxy groups -OCH3 is 2. The molecule has 1 aromatic heterocycles. The third-order valence-corrected chi connectivity index (χ3v) is 5.72. The average Bonchev–Trinajstić information content (AvgIpc) is 3.08. The predicted octanol–water partition coefficient (Wildman–Crippen LogP) is 6.39. The molecule has 0 spiro atoms. The smallest absolute Gasteiger partial charge is 0.118 e. The molecular weight excluding hydrogens is 340 g/mol. The third kappa shape index (κ3) is 3.12. The van der Waals surface area contributed by atoms with Gasteiger partial charge in [-0.05, 0) is 47.0 Å². The SMILES string of the molecule is COCc1ccc(-c2c(-c3ccc(OC)cc3)sc3ccccc23)cc1. The standard InChI is InChI=1S/C23H20O2S/c1-24-15-16-7-9-17(10-8-16)22-20-5-3-4-6-21(20)26-23(22)18-11-13-19(25-2)14-12-18/h3-14H,15H2,1-2H3. The fraction of sp³-hybridized carbons (Fsp3) is 0.130. The lowest BCUT2D eigenvalue weighted by Crippen LogP contribution is -1.87. The molecule has 0 amide bonds. The second-order valence-corrected chi connectivity index (χ2v) is 7.21. The van der Waals surface area contributed by atoms with Crippen molar-refractivity contribution in [1.82, 2.24) is 0 Å². The van der Waals surface area contributed by atoms with Gasteiger partial charge in [-0.1, -0.05) is 42.5 Å². The highest BCUT2D eigenvalue weighted by atomic mass is 32.1. The number of hydrogen-bond acceptors (Lipinski definition) is 3. The fourth-order valence-corrected chi connectivity index (χ4v) is 4.44. The van der Waals surface area contributed by atoms with Crippen LogP contribution in [0.1, 0.15) is 5.56 Å². The Morgan fingerprint density at radius 2 is 1.46 bits per heavy atom. The molecule has 0 saturated heterocycles. The normalized spacial score (nSPS) is 11.0. The summed E-state index contributed by atoms with van der Waals surface area (Å²) >= 11 is 1.83. The molecule has 0 unspecified atom stereocenters. The molecule has 26 heavy (non-hydrogen) atoms. The van der Waals surface area contributed by atoms with E-state index in [4.69, 9.17) is 9.47 Å². The van der Waals surface area contributed by atoms with Crippen LogP contribution in [-0.4, -0.2) is 14.2 Å². The van der Waals surface area contributed by atoms with Crippen LogP contribution in [-0.2, 0) is 11.3 Å². The zero-order valence-corrected chi connectivity index (χ0v) is 15.7. The zero-order valence-electron chi connectivity index (χ0n) is 14.9. The van der Waals surface area contributed by atoms with Crippen molar-refractivity contribution in [2.45, 2.75) is 6.61 Å². The Balaban J connectivity index is 1.88. The van der Waals surface area contributed by atoms with Crippen molar-refractivity contribution >= 4 is 21.4 Å². The predicted molar refractivity (Wildman–Crippen MR) is 110 cm³/mol. The van der Waals surface area contributed by atoms with E-state index < -0.39 is 0 Å². The largest absolute Gasteiger partial charge is 0.497 e. The van der Waals surface area contributed by atoms with Gasteiger partial charge in [-0.3, -0.25) is 0 Å². The molecule has 0 aliphatic carbocycles. The van der Waals surface area contributed by atoms with Crippen LogP contribution < -0.4 is 4.74 Å². The summed E-state index contributed by atoms with van der Waals surface area (Å²) in [4.78, 5) is 1.29. The Bertz CT molecular complexity index is 1010. The van der Waals surface area contributed by atoms with E-state index in [1.165, 1.54) is 37.2 Å². The van der Waals surface area contributed by atoms with Crippen molar-refractivity contribution in [3.05, 3.63) is 78.4 Å². The van der Waals surface area contributed by atoms with Gasteiger partial charge in [0.2, 0.25) is 0 Å². The Morgan fingerprint density at radius 3 is 2.15 bits per heavy atom. The minimum absolute atomic E-state index is 0.635. The summed E-state index contributed by atoms with van der Waals surface area (Å²) in [5.41, 5.74) is 4.91. The molecule has 2 nitrogen and oxygen atoms in total. The second kappa shape index (κ2) is 7.32. The lowest BCUT2D eigenvalue weighted by atomic mass is 9.98. The van der Waals surface area contributed by atoms with Crippen LogP contribution in [0.25, 0.3) is 31.7 Å². The highest BCUT2D eigenvalue weighted by Gasteiger charge is 2.15. The Hall–Kier alpha value is -2.62. The highest BCUT2D eigenvalue weighted by molar-refractivity contribution is 7.23. The van der Waals surface area contributed by atoms with Crippen LogP contribution in [0.3, 0.4) is 0 Å². The molecule has 0 radical (unpaired) electrons. The second-order valence-electron chi connectivity index (χ2n) is 6.16. The van der Waals surface area contributed by atoms with E-state index in [1.807, 2.05) is 23.5 Å². The average molecular weight is 360 g/mol. The topological polar surface area (TPSA) is 18.5 Å². The molecule has 0 atom stereocenters. The van der Waals surface area contributed by atoms with Crippen LogP contribution >= 0.6 is 11.3 Å². The number of thiophene rings is 1. The van der Waals surface area contributed by atoms with Crippen molar-refractivity contribution in [3.8, 4) is 27.3 Å². The maximum Gasteiger partial charge on any atom is 0.118 e. The van der Waals surface area contributed by atoms with Gasteiger partial charge in [0.1, 0.15) is 5.75 Å². The van der Waals surface area contributed by atoms with E-state index >= 15 is 0 Å². The highest BCUT2D eigenvalue weighted by Crippen LogP contribution is 2.44. The van der Waals surface area contributed by atoms with E-state index in [-0.39, 0.29) is 0 Å². The number of benzene rings is 3. The summed E-state index contributed by atoms with van der Waals surface area (Å²) in [6.07, 6.45) is 0. The fourth-order valence-electron chi connectivity index (χ4n) is 3.21. The van der Waals surface area contributed by atoms with Crippen molar-refractivity contribution in [1.29, 1.82) is 0 Å². The van der Waals surface area contributed by atoms with E-state index in [0.717, 1.165) is 5.75 Å². The van der Waals surface area contributed by atoms with Crippen molar-refractivity contribution < 1.29 is 9.47 Å². The molecule has 4 aromatic rings. The molecule has 0 N–H and O–H groups in total. The van der Waals surface area contributed by atoms with Gasteiger partial charge in [-0.25, -0.2) is 0 Å². The van der Waals surface area contributed by atoms with Gasteiger partial charge >= 0.3 is 0 Å². The van der Waals surface area contributed by atoms with Crippen molar-refractivity contribution in [2.24, 2.45) is 0 Å². The summed E-state index contributed by atoms with van der Waals surface area (Å²) in [5, 5.41) is 1.29. The number of hydrogen-bond donors (Lipinski definition) is 0. The van der Waals surface area contributed by atoms with Crippen LogP contribution in [0.4, 0.5) is 0 Å². The number of fused-ring (bicyclic) bond motifs is 1. The van der Waals surface area contributed by atoms with Crippen molar-refractivity contribution in [3.63, 3.8) is 0 Å². The summed E-state index contributed by atoms with van der Waals surface area (Å²) in [5.74, 6) is 0.875. The molecule has 0 aliphatic rings. The molecule has 1 heterocycles. The van der Waals surface area contributed by atoms with E-state index in [0.29, 0.717) is 6.61 Å². The lowest BCUT2D eigenvalue weighted by molar-refractivity contribution is 0.185. The van der Waals surface area contributed by atoms with E-state index in [2.05, 4.69) is 60.7 Å². The first-order valence-corrected chi connectivity index (χ1v) is 9.36. The Morgan fingerprint density at radius 1 is 0.769 bits per heavy atom. The quantitative estimate of drug-likeness (QED) is 0.410. The molecule has 0 fully saturated rings. The van der Waals surface area contributed by atoms with Gasteiger partial charge in [0.15, 0.2) is 0 Å². The maximum absolute atomic E-state index is 5.31. The number of rotatable bonds is 5. The van der Waals surface area contributed by atoms with Gasteiger partial charge in [-0.2, -0.15) is 0 Å². The van der Waals surface area contributed by atoms with Crippen LogP contribution in [0, 0.1) is 0 Å². The number of ether oxygens (including phenoxy) is 2. The monoisotopic (exact) mass is 360 g/mol. The van der Waals surface area contributed by atoms with Gasteiger partial charge in [0, 0.05) is 27.6 Å². The van der Waals surface area contributed by atoms with E-state index in [1.54, 1.807) is 14.2 Å². The molecule has 0 aliphatic heterocycles. The first-order chi connectivity index (χ1) is 12.8. The molecule has 0 bridgehead atoms. The van der Waals surface area contributed by atoms with Crippen LogP contribution in [0.5, 0.6) is 5.75 Å². The minimum atomic E-state index is 0.635. The van der Waals surface area contributed by atoms with E-state index in [9.17, 15) is 0 Å². The molecule has 3 heteroatoms. The summed E-state index contributed by atoms with van der Waals surface area (Å²) in [7, 11) is 3.42. The van der Waals surface area contributed by atoms with Gasteiger partial charge in [0.25, 0.3) is 0 Å². The van der Waals surface area contributed by atoms with Crippen LogP contribution in [0.2, 0.25) is 0 Å². The Labute approximate surface area is 157 Å². The molecule has 130 valence electrons. The molecule has 3 aromatic carbocycles. The summed E-state index contributed by atoms with van der Waals surface area (Å²) in [6, 6.07) is 25.6. The first-order valence-electron chi connectivity index (χ1n) is 8.54. The maximum atomic E-state index is 5.31. The van der Waals surface area contributed by atoms with Gasteiger partial charge in [0.05, 0.1) is 13.7 Å². The first kappa shape index (κ1) is 16.8. The summed E-state index contributed by atoms with van der Waals surface area (Å²) < 4.78 is 11.8. The molecular formula is C23H20O2S. The minimum Gasteiger partial charge on any atom is -0.497 e. The Kier molecular flexibility index (Phi) is 4.74. The molecule has 0 saturated carbocycles. The lowest BCUT2D eigenvalue weighted by Gasteiger charge is -2.08. The zero-order chi connectivity index (χ0) is 17.9.